The molecular weight excluding hydrogens is 946 g/mol. The Morgan fingerprint density at radius 3 is 1.85 bits per heavy atom. The second-order valence-corrected chi connectivity index (χ2v) is 16.0. The zero-order valence-electron chi connectivity index (χ0n) is 34.0. The second-order valence-electron chi connectivity index (χ2n) is 15.1. The van der Waals surface area contributed by atoms with Crippen LogP contribution >= 0.6 is 15.9 Å². The lowest BCUT2D eigenvalue weighted by Gasteiger charge is -2.13. The largest absolute Gasteiger partial charge is 0.505 e. The van der Waals surface area contributed by atoms with Gasteiger partial charge in [0.05, 0.1) is 33.8 Å². The van der Waals surface area contributed by atoms with Gasteiger partial charge in [-0.2, -0.15) is 36.6 Å². The number of nitrogens with zero attached hydrogens (tertiary/aromatic N) is 4. The van der Waals surface area contributed by atoms with Crippen molar-refractivity contribution in [1.29, 1.82) is 0 Å². The molecule has 1 aliphatic carbocycles. The van der Waals surface area contributed by atoms with Crippen LogP contribution in [-0.2, 0) is 23.8 Å². The quantitative estimate of drug-likeness (QED) is 0.0607. The van der Waals surface area contributed by atoms with E-state index in [0.29, 0.717) is 42.7 Å². The highest BCUT2D eigenvalue weighted by Crippen LogP contribution is 2.47. The fraction of sp³-hybridized carbons (Fsp3) is 0.0612. The van der Waals surface area contributed by atoms with Crippen LogP contribution in [0.1, 0.15) is 43.0 Å². The summed E-state index contributed by atoms with van der Waals surface area (Å²) in [5.74, 6) is -2.13. The van der Waals surface area contributed by atoms with Gasteiger partial charge in [0.1, 0.15) is 23.7 Å². The second kappa shape index (κ2) is 17.4. The molecule has 0 fully saturated rings. The Balaban J connectivity index is 0.967. The lowest BCUT2D eigenvalue weighted by Crippen LogP contribution is -2.13. The number of azo groups is 2. The molecule has 0 spiro atoms. The van der Waals surface area contributed by atoms with Gasteiger partial charge in [-0.05, 0) is 89.1 Å². The maximum absolute atomic E-state index is 14.0. The maximum Gasteiger partial charge on any atom is 0.416 e. The number of carbonyl (C=O) groups is 2. The molecule has 8 aromatic rings. The van der Waals surface area contributed by atoms with Gasteiger partial charge in [-0.25, -0.2) is 0 Å². The Bertz CT molecular complexity index is 3400. The number of carbonyl (C=O) groups excluding carboxylic acids is 2. The number of alkyl halides is 6. The summed E-state index contributed by atoms with van der Waals surface area (Å²) in [6.45, 7) is -0.259. The molecule has 1 amide bonds. The van der Waals surface area contributed by atoms with Crippen LogP contribution in [0.2, 0.25) is 0 Å². The number of phenols is 2. The van der Waals surface area contributed by atoms with Gasteiger partial charge in [0.2, 0.25) is 0 Å². The van der Waals surface area contributed by atoms with Gasteiger partial charge < -0.3 is 15.5 Å². The summed E-state index contributed by atoms with van der Waals surface area (Å²) in [7, 11) is 0. The number of aromatic hydroxyl groups is 2. The van der Waals surface area contributed by atoms with E-state index in [2.05, 4.69) is 47.2 Å². The number of amides is 1. The van der Waals surface area contributed by atoms with Crippen molar-refractivity contribution in [3.63, 3.8) is 0 Å². The highest BCUT2D eigenvalue weighted by molar-refractivity contribution is 9.10. The molecule has 0 heterocycles. The van der Waals surface area contributed by atoms with Gasteiger partial charge in [-0.15, -0.1) is 10.2 Å². The number of benzene rings is 8. The van der Waals surface area contributed by atoms with Crippen LogP contribution in [0.25, 0.3) is 32.7 Å². The van der Waals surface area contributed by atoms with E-state index in [1.54, 1.807) is 78.9 Å². The van der Waals surface area contributed by atoms with Crippen LogP contribution in [0.5, 0.6) is 11.5 Å². The SMILES string of the molecule is O=C(Nc1cccc(C(F)(F)F)c1)c1cc2ccccc2c(N=Nc2cc(Br)c3c(c2)C(=O)c2cc(N=Nc4c(O)c(CONc5cccc(C(F)(F)F)c5)cc5ccccc45)ccc2-3)c1O. The third kappa shape index (κ3) is 8.91. The predicted octanol–water partition coefficient (Wildman–Crippen LogP) is 15.0. The third-order valence-electron chi connectivity index (χ3n) is 10.7. The number of hydrogen-bond donors (Lipinski definition) is 4. The molecule has 4 N–H and O–H groups in total. The van der Waals surface area contributed by atoms with Gasteiger partial charge in [0.25, 0.3) is 5.91 Å². The zero-order chi connectivity index (χ0) is 47.2. The molecule has 0 radical (unpaired) electrons. The molecule has 0 aromatic heterocycles. The van der Waals surface area contributed by atoms with Crippen LogP contribution < -0.4 is 10.8 Å². The van der Waals surface area contributed by atoms with Crippen LogP contribution in [-0.4, -0.2) is 21.9 Å². The van der Waals surface area contributed by atoms with Crippen molar-refractivity contribution in [2.75, 3.05) is 10.8 Å². The molecule has 67 heavy (non-hydrogen) atoms. The summed E-state index contributed by atoms with van der Waals surface area (Å²) >= 11 is 3.56. The minimum atomic E-state index is -4.64. The predicted molar refractivity (Wildman–Crippen MR) is 242 cm³/mol. The van der Waals surface area contributed by atoms with E-state index in [9.17, 15) is 46.1 Å². The van der Waals surface area contributed by atoms with Crippen molar-refractivity contribution in [1.82, 2.24) is 0 Å². The average molecular weight is 976 g/mol. The molecule has 0 saturated heterocycles. The molecule has 1 aliphatic rings. The number of halogens is 7. The molecule has 0 unspecified atom stereocenters. The Labute approximate surface area is 383 Å². The first-order valence-corrected chi connectivity index (χ1v) is 20.7. The summed E-state index contributed by atoms with van der Waals surface area (Å²) in [5.41, 5.74) is 2.73. The molecule has 0 aliphatic heterocycles. The fourth-order valence-electron chi connectivity index (χ4n) is 7.57. The van der Waals surface area contributed by atoms with Crippen molar-refractivity contribution < 1.29 is 51.0 Å². The van der Waals surface area contributed by atoms with Gasteiger partial charge in [-0.3, -0.25) is 19.9 Å². The topological polar surface area (TPSA) is 157 Å². The van der Waals surface area contributed by atoms with Gasteiger partial charge in [0, 0.05) is 43.2 Å². The smallest absolute Gasteiger partial charge is 0.416 e. The summed E-state index contributed by atoms with van der Waals surface area (Å²) in [5, 5.41) is 44.6. The Morgan fingerprint density at radius 2 is 1.18 bits per heavy atom. The van der Waals surface area contributed by atoms with Gasteiger partial charge >= 0.3 is 12.4 Å². The van der Waals surface area contributed by atoms with Crippen molar-refractivity contribution in [3.05, 3.63) is 177 Å². The van der Waals surface area contributed by atoms with E-state index in [0.717, 1.165) is 30.3 Å². The normalized spacial score (nSPS) is 12.6. The molecule has 0 atom stereocenters. The van der Waals surface area contributed by atoms with E-state index in [-0.39, 0.29) is 69.0 Å². The third-order valence-corrected chi connectivity index (χ3v) is 11.4. The van der Waals surface area contributed by atoms with Gasteiger partial charge in [-0.1, -0.05) is 82.7 Å². The van der Waals surface area contributed by atoms with Crippen LogP contribution in [0.3, 0.4) is 0 Å². The molecule has 0 bridgehead atoms. The molecule has 0 saturated carbocycles. The first-order valence-electron chi connectivity index (χ1n) is 19.9. The lowest BCUT2D eigenvalue weighted by atomic mass is 10.0. The summed E-state index contributed by atoms with van der Waals surface area (Å²) in [6, 6.07) is 33.3. The number of hydrogen-bond acceptors (Lipinski definition) is 10. The van der Waals surface area contributed by atoms with Crippen molar-refractivity contribution >= 4 is 83.3 Å². The lowest BCUT2D eigenvalue weighted by molar-refractivity contribution is -0.138. The number of nitrogens with one attached hydrogen (secondary N) is 2. The fourth-order valence-corrected chi connectivity index (χ4v) is 8.23. The van der Waals surface area contributed by atoms with Crippen molar-refractivity contribution in [2.24, 2.45) is 20.5 Å². The van der Waals surface area contributed by atoms with Crippen LogP contribution in [0, 0.1) is 0 Å². The Morgan fingerprint density at radius 1 is 0.597 bits per heavy atom. The van der Waals surface area contributed by atoms with E-state index < -0.39 is 35.1 Å². The zero-order valence-corrected chi connectivity index (χ0v) is 35.6. The van der Waals surface area contributed by atoms with E-state index in [1.165, 1.54) is 30.3 Å². The Kier molecular flexibility index (Phi) is 11.5. The number of rotatable bonds is 10. The number of ketones is 1. The molecule has 18 heteroatoms. The minimum absolute atomic E-state index is 0.0534. The first kappa shape index (κ1) is 44.3. The highest BCUT2D eigenvalue weighted by Gasteiger charge is 2.32. The molecule has 334 valence electrons. The number of anilines is 2. The van der Waals surface area contributed by atoms with Crippen LogP contribution in [0.15, 0.2) is 164 Å². The molecule has 9 rings (SSSR count). The number of phenolic OH excluding ortho intramolecular Hbond substituents is 2. The van der Waals surface area contributed by atoms with Crippen LogP contribution in [0.4, 0.5) is 60.5 Å². The summed E-state index contributed by atoms with van der Waals surface area (Å²) in [4.78, 5) is 32.8. The minimum Gasteiger partial charge on any atom is -0.505 e. The Hall–Kier alpha value is -7.96. The number of fused-ring (bicyclic) bond motifs is 5. The monoisotopic (exact) mass is 974 g/mol. The average Bonchev–Trinajstić information content (AvgIpc) is 3.58. The summed E-state index contributed by atoms with van der Waals surface area (Å²) in [6.07, 6.45) is -9.19. The van der Waals surface area contributed by atoms with E-state index in [1.807, 2.05) is 0 Å². The van der Waals surface area contributed by atoms with E-state index in [4.69, 9.17) is 4.84 Å². The summed E-state index contributed by atoms with van der Waals surface area (Å²) < 4.78 is 80.2. The van der Waals surface area contributed by atoms with Gasteiger partial charge in [0.15, 0.2) is 11.5 Å². The first-order chi connectivity index (χ1) is 32.0. The molecular formula is C49H29BrF6N6O5. The standard InChI is InChI=1S/C49H29BrF6N6O5/c50-40-23-33(59-61-43-35-14-4-2-8-26(35)18-39(46(43)65)47(66)57-30-11-5-9-28(19-30)48(51,52)53)22-38-41(40)36-16-15-31(21-37(36)45(38)64)58-60-42-34-13-3-1-7-25(34)17-27(44(42)63)24-67-62-32-12-6-10-29(20-32)49(54,55)56/h1-23,62-63,65H,24H2,(H,57,66). The van der Waals surface area contributed by atoms with Crippen molar-refractivity contribution in [3.8, 4) is 22.6 Å². The molecule has 8 aromatic carbocycles. The maximum atomic E-state index is 14.0. The molecule has 11 nitrogen and oxygen atoms in total. The highest BCUT2D eigenvalue weighted by atomic mass is 79.9. The van der Waals surface area contributed by atoms with Crippen molar-refractivity contribution in [2.45, 2.75) is 19.0 Å². The van der Waals surface area contributed by atoms with E-state index >= 15 is 0 Å².